The van der Waals surface area contributed by atoms with Gasteiger partial charge < -0.3 is 9.84 Å². The van der Waals surface area contributed by atoms with E-state index in [9.17, 15) is 5.11 Å². The summed E-state index contributed by atoms with van der Waals surface area (Å²) in [7, 11) is 1.63. The molecule has 0 aromatic heterocycles. The van der Waals surface area contributed by atoms with Crippen LogP contribution < -0.4 is 4.74 Å². The molecule has 0 spiro atoms. The van der Waals surface area contributed by atoms with E-state index in [1.807, 2.05) is 18.2 Å². The van der Waals surface area contributed by atoms with E-state index in [1.54, 1.807) is 7.11 Å². The highest BCUT2D eigenvalue weighted by Crippen LogP contribution is 2.30. The topological polar surface area (TPSA) is 29.5 Å². The first-order chi connectivity index (χ1) is 9.49. The van der Waals surface area contributed by atoms with E-state index in [4.69, 9.17) is 4.74 Å². The Morgan fingerprint density at radius 2 is 1.75 bits per heavy atom. The normalized spacial score (nSPS) is 12.2. The molecule has 2 aromatic carbocycles. The summed E-state index contributed by atoms with van der Waals surface area (Å²) in [6.45, 7) is 4.15. The molecule has 0 heterocycles. The van der Waals surface area contributed by atoms with Crippen molar-refractivity contribution in [3.63, 3.8) is 0 Å². The average molecular weight is 335 g/mol. The van der Waals surface area contributed by atoms with Crippen LogP contribution in [0.15, 0.2) is 40.9 Å². The lowest BCUT2D eigenvalue weighted by molar-refractivity contribution is 0.177. The lowest BCUT2D eigenvalue weighted by Crippen LogP contribution is -2.04. The minimum atomic E-state index is -0.555. The van der Waals surface area contributed by atoms with Crippen molar-refractivity contribution in [3.8, 4) is 5.75 Å². The average Bonchev–Trinajstić information content (AvgIpc) is 2.37. The van der Waals surface area contributed by atoms with Gasteiger partial charge in [-0.3, -0.25) is 0 Å². The molecule has 0 radical (unpaired) electrons. The molecule has 2 aromatic rings. The zero-order chi connectivity index (χ0) is 14.7. The largest absolute Gasteiger partial charge is 0.497 e. The minimum Gasteiger partial charge on any atom is -0.497 e. The number of aliphatic hydroxyl groups excluding tert-OH is 1. The summed E-state index contributed by atoms with van der Waals surface area (Å²) in [6, 6.07) is 12.0. The van der Waals surface area contributed by atoms with Crippen molar-refractivity contribution < 1.29 is 9.84 Å². The van der Waals surface area contributed by atoms with Crippen molar-refractivity contribution in [2.24, 2.45) is 0 Å². The van der Waals surface area contributed by atoms with Crippen LogP contribution in [-0.2, 0) is 6.42 Å². The SMILES string of the molecule is COc1ccc(Br)c(C(O)Cc2cc(C)cc(C)c2)c1. The van der Waals surface area contributed by atoms with E-state index in [0.717, 1.165) is 21.3 Å². The molecule has 0 aliphatic rings. The summed E-state index contributed by atoms with van der Waals surface area (Å²) in [5, 5.41) is 10.5. The molecule has 2 rings (SSSR count). The third-order valence-electron chi connectivity index (χ3n) is 3.27. The Hall–Kier alpha value is -1.32. The molecule has 0 aliphatic heterocycles. The highest BCUT2D eigenvalue weighted by molar-refractivity contribution is 9.10. The molecular weight excluding hydrogens is 316 g/mol. The van der Waals surface area contributed by atoms with E-state index in [2.05, 4.69) is 48.0 Å². The highest BCUT2D eigenvalue weighted by Gasteiger charge is 2.13. The number of aryl methyl sites for hydroxylation is 2. The minimum absolute atomic E-state index is 0.555. The molecule has 1 atom stereocenters. The smallest absolute Gasteiger partial charge is 0.119 e. The molecule has 0 aliphatic carbocycles. The second-order valence-corrected chi connectivity index (χ2v) is 5.96. The van der Waals surface area contributed by atoms with E-state index >= 15 is 0 Å². The number of hydrogen-bond acceptors (Lipinski definition) is 2. The van der Waals surface area contributed by atoms with E-state index in [1.165, 1.54) is 11.1 Å². The molecule has 0 fully saturated rings. The predicted octanol–water partition coefficient (Wildman–Crippen LogP) is 4.35. The molecule has 20 heavy (non-hydrogen) atoms. The van der Waals surface area contributed by atoms with Gasteiger partial charge in [-0.1, -0.05) is 45.3 Å². The van der Waals surface area contributed by atoms with Crippen LogP contribution >= 0.6 is 15.9 Å². The van der Waals surface area contributed by atoms with Gasteiger partial charge in [0.25, 0.3) is 0 Å². The lowest BCUT2D eigenvalue weighted by Gasteiger charge is -2.15. The number of ether oxygens (including phenoxy) is 1. The maximum atomic E-state index is 10.5. The third-order valence-corrected chi connectivity index (χ3v) is 3.99. The maximum absolute atomic E-state index is 10.5. The molecule has 0 amide bonds. The van der Waals surface area contributed by atoms with Crippen LogP contribution in [0.3, 0.4) is 0 Å². The van der Waals surface area contributed by atoms with Crippen molar-refractivity contribution >= 4 is 15.9 Å². The zero-order valence-corrected chi connectivity index (χ0v) is 13.6. The van der Waals surface area contributed by atoms with Gasteiger partial charge in [-0.05, 0) is 43.2 Å². The number of aliphatic hydroxyl groups is 1. The van der Waals surface area contributed by atoms with Gasteiger partial charge in [0.2, 0.25) is 0 Å². The molecule has 3 heteroatoms. The van der Waals surface area contributed by atoms with Gasteiger partial charge in [-0.15, -0.1) is 0 Å². The van der Waals surface area contributed by atoms with Crippen LogP contribution in [0, 0.1) is 13.8 Å². The summed E-state index contributed by atoms with van der Waals surface area (Å²) >= 11 is 3.49. The fraction of sp³-hybridized carbons (Fsp3) is 0.294. The fourth-order valence-electron chi connectivity index (χ4n) is 2.42. The van der Waals surface area contributed by atoms with Gasteiger partial charge in [-0.25, -0.2) is 0 Å². The Balaban J connectivity index is 2.25. The molecule has 1 N–H and O–H groups in total. The Morgan fingerprint density at radius 3 is 2.35 bits per heavy atom. The summed E-state index contributed by atoms with van der Waals surface area (Å²) in [5.74, 6) is 0.752. The van der Waals surface area contributed by atoms with Crippen molar-refractivity contribution in [2.75, 3.05) is 7.11 Å². The van der Waals surface area contributed by atoms with Crippen LogP contribution in [0.5, 0.6) is 5.75 Å². The van der Waals surface area contributed by atoms with Crippen LogP contribution in [0.4, 0.5) is 0 Å². The monoisotopic (exact) mass is 334 g/mol. The summed E-state index contributed by atoms with van der Waals surface area (Å²) < 4.78 is 6.11. The number of benzene rings is 2. The number of halogens is 1. The lowest BCUT2D eigenvalue weighted by atomic mass is 9.98. The number of hydrogen-bond donors (Lipinski definition) is 1. The second kappa shape index (κ2) is 6.42. The summed E-state index contributed by atoms with van der Waals surface area (Å²) in [5.41, 5.74) is 4.43. The molecule has 0 bridgehead atoms. The van der Waals surface area contributed by atoms with Gasteiger partial charge >= 0.3 is 0 Å². The molecule has 106 valence electrons. The van der Waals surface area contributed by atoms with E-state index in [-0.39, 0.29) is 0 Å². The van der Waals surface area contributed by atoms with Crippen LogP contribution in [0.25, 0.3) is 0 Å². The van der Waals surface area contributed by atoms with Crippen molar-refractivity contribution in [1.29, 1.82) is 0 Å². The molecule has 0 saturated carbocycles. The first-order valence-electron chi connectivity index (χ1n) is 6.58. The van der Waals surface area contributed by atoms with Crippen LogP contribution in [0.1, 0.15) is 28.4 Å². The predicted molar refractivity (Wildman–Crippen MR) is 85.3 cm³/mol. The van der Waals surface area contributed by atoms with Gasteiger partial charge in [0.15, 0.2) is 0 Å². The number of methoxy groups -OCH3 is 1. The Bertz CT molecular complexity index is 588. The first-order valence-corrected chi connectivity index (χ1v) is 7.37. The van der Waals surface area contributed by atoms with Gasteiger partial charge in [-0.2, -0.15) is 0 Å². The Kier molecular flexibility index (Phi) is 4.84. The van der Waals surface area contributed by atoms with Crippen molar-refractivity contribution in [3.05, 3.63) is 63.1 Å². The first kappa shape index (κ1) is 15.1. The number of rotatable bonds is 4. The Labute approximate surface area is 128 Å². The molecule has 1 unspecified atom stereocenters. The zero-order valence-electron chi connectivity index (χ0n) is 12.0. The van der Waals surface area contributed by atoms with Gasteiger partial charge in [0, 0.05) is 10.9 Å². The van der Waals surface area contributed by atoms with E-state index < -0.39 is 6.10 Å². The fourth-order valence-corrected chi connectivity index (χ4v) is 2.94. The van der Waals surface area contributed by atoms with Crippen LogP contribution in [0.2, 0.25) is 0 Å². The third kappa shape index (κ3) is 3.62. The van der Waals surface area contributed by atoms with Crippen molar-refractivity contribution in [2.45, 2.75) is 26.4 Å². The highest BCUT2D eigenvalue weighted by atomic mass is 79.9. The molecule has 2 nitrogen and oxygen atoms in total. The molecular formula is C17H19BrO2. The standard InChI is InChI=1S/C17H19BrO2/c1-11-6-12(2)8-13(7-11)9-17(19)15-10-14(20-3)4-5-16(15)18/h4-8,10,17,19H,9H2,1-3H3. The maximum Gasteiger partial charge on any atom is 0.119 e. The quantitative estimate of drug-likeness (QED) is 0.900. The van der Waals surface area contributed by atoms with Gasteiger partial charge in [0.05, 0.1) is 13.2 Å². The van der Waals surface area contributed by atoms with Crippen LogP contribution in [-0.4, -0.2) is 12.2 Å². The Morgan fingerprint density at radius 1 is 1.10 bits per heavy atom. The summed E-state index contributed by atoms with van der Waals surface area (Å²) in [6.07, 6.45) is 0.0366. The second-order valence-electron chi connectivity index (χ2n) is 5.10. The van der Waals surface area contributed by atoms with E-state index in [0.29, 0.717) is 6.42 Å². The molecule has 0 saturated heterocycles. The van der Waals surface area contributed by atoms with Crippen molar-refractivity contribution in [1.82, 2.24) is 0 Å². The van der Waals surface area contributed by atoms with Gasteiger partial charge in [0.1, 0.15) is 5.75 Å². The summed E-state index contributed by atoms with van der Waals surface area (Å²) in [4.78, 5) is 0.